The minimum Gasteiger partial charge on any atom is -0.502 e. The van der Waals surface area contributed by atoms with Gasteiger partial charge in [0.1, 0.15) is 11.9 Å². The van der Waals surface area contributed by atoms with Crippen LogP contribution < -0.4 is 21.5 Å². The molecule has 0 bridgehead atoms. The van der Waals surface area contributed by atoms with Crippen molar-refractivity contribution in [3.8, 4) is 5.75 Å². The van der Waals surface area contributed by atoms with Gasteiger partial charge in [-0.05, 0) is 23.3 Å². The maximum atomic E-state index is 15.2. The minimum absolute atomic E-state index is 0.00582. The molecular weight excluding hydrogens is 548 g/mol. The maximum Gasteiger partial charge on any atom is 0.313 e. The third-order valence-electron chi connectivity index (χ3n) is 7.13. The molecule has 3 aliphatic heterocycles. The number of nitrogens with one attached hydrogen (secondary N) is 1. The van der Waals surface area contributed by atoms with E-state index in [2.05, 4.69) is 5.32 Å². The number of ether oxygens (including phenoxy) is 1. The second-order valence-corrected chi connectivity index (χ2v) is 10.3. The number of primary amides is 1. The monoisotopic (exact) mass is 569 g/mol. The van der Waals surface area contributed by atoms with Crippen molar-refractivity contribution in [3.63, 3.8) is 0 Å². The standard InChI is InChI=1S/C26H21F2N5O6S/c27-15-6-5-12-14(19(15)28)11-40-17-4-2-1-3-13(17)20(12)33-18-10-39-8-7-31(18)26(38)21-23(35)22(34)16(9-32(21)33)30-25(37)24(29)36/h1-6,9,18,20,35H,7-8,10-11H2,(H2,29,36)(H,30,37)/t18-,20+/m1/s1. The third kappa shape index (κ3) is 3.90. The molecule has 14 heteroatoms. The van der Waals surface area contributed by atoms with Crippen LogP contribution in [0.25, 0.3) is 0 Å². The van der Waals surface area contributed by atoms with E-state index < -0.39 is 64.1 Å². The number of nitrogens with zero attached hydrogens (tertiary/aromatic N) is 3. The fourth-order valence-corrected chi connectivity index (χ4v) is 6.43. The van der Waals surface area contributed by atoms with E-state index in [9.17, 15) is 28.7 Å². The zero-order chi connectivity index (χ0) is 28.3. The average molecular weight is 570 g/mol. The number of halogens is 2. The van der Waals surface area contributed by atoms with Crippen molar-refractivity contribution < 1.29 is 33.0 Å². The molecule has 1 aromatic heterocycles. The number of hydrogen-bond acceptors (Lipinski definition) is 8. The molecule has 0 spiro atoms. The molecule has 0 aliphatic carbocycles. The number of aromatic hydroxyl groups is 1. The summed E-state index contributed by atoms with van der Waals surface area (Å²) in [6, 6.07) is 8.84. The SMILES string of the molecule is NC(=O)C(=O)Nc1cn2c(c(O)c1=O)C(=O)N1CCOC[C@H]1N2[C@@H]1c2ccccc2SCc2c1ccc(F)c2F. The van der Waals surface area contributed by atoms with Gasteiger partial charge in [0.05, 0.1) is 25.5 Å². The van der Waals surface area contributed by atoms with E-state index in [4.69, 9.17) is 10.5 Å². The number of benzene rings is 2. The lowest BCUT2D eigenvalue weighted by molar-refractivity contribution is -0.134. The smallest absolute Gasteiger partial charge is 0.313 e. The Labute approximate surface area is 229 Å². The molecule has 206 valence electrons. The third-order valence-corrected chi connectivity index (χ3v) is 8.25. The zero-order valence-electron chi connectivity index (χ0n) is 20.6. The van der Waals surface area contributed by atoms with Gasteiger partial charge in [-0.15, -0.1) is 11.8 Å². The van der Waals surface area contributed by atoms with Crippen molar-refractivity contribution in [3.05, 3.63) is 86.8 Å². The van der Waals surface area contributed by atoms with Gasteiger partial charge in [-0.2, -0.15) is 0 Å². The Morgan fingerprint density at radius 1 is 1.12 bits per heavy atom. The quantitative estimate of drug-likeness (QED) is 0.393. The van der Waals surface area contributed by atoms with Gasteiger partial charge in [0.25, 0.3) is 5.91 Å². The molecule has 3 aromatic rings. The van der Waals surface area contributed by atoms with Crippen molar-refractivity contribution in [2.45, 2.75) is 22.9 Å². The van der Waals surface area contributed by atoms with Gasteiger partial charge in [0, 0.05) is 22.8 Å². The molecule has 2 aromatic carbocycles. The van der Waals surface area contributed by atoms with Crippen molar-refractivity contribution in [2.75, 3.05) is 30.1 Å². The predicted molar refractivity (Wildman–Crippen MR) is 138 cm³/mol. The molecule has 11 nitrogen and oxygen atoms in total. The Balaban J connectivity index is 1.66. The first kappa shape index (κ1) is 25.8. The molecule has 6 rings (SSSR count). The van der Waals surface area contributed by atoms with Crippen LogP contribution in [-0.4, -0.2) is 58.3 Å². The molecule has 40 heavy (non-hydrogen) atoms. The number of carbonyl (C=O) groups excluding carboxylic acids is 3. The number of carbonyl (C=O) groups is 3. The molecular formula is C26H21F2N5O6S. The van der Waals surface area contributed by atoms with E-state index in [-0.39, 0.29) is 31.1 Å². The largest absolute Gasteiger partial charge is 0.502 e. The maximum absolute atomic E-state index is 15.2. The normalized spacial score (nSPS) is 19.6. The number of rotatable bonds is 2. The average Bonchev–Trinajstić information content (AvgIpc) is 3.11. The number of morpholine rings is 1. The summed E-state index contributed by atoms with van der Waals surface area (Å²) < 4.78 is 36.6. The van der Waals surface area contributed by atoms with E-state index in [1.807, 2.05) is 12.1 Å². The lowest BCUT2D eigenvalue weighted by Crippen LogP contribution is -2.66. The summed E-state index contributed by atoms with van der Waals surface area (Å²) in [7, 11) is 0. The second kappa shape index (κ2) is 9.64. The van der Waals surface area contributed by atoms with Crippen molar-refractivity contribution in [1.82, 2.24) is 9.58 Å². The van der Waals surface area contributed by atoms with Gasteiger partial charge >= 0.3 is 11.8 Å². The second-order valence-electron chi connectivity index (χ2n) is 9.32. The Morgan fingerprint density at radius 2 is 1.90 bits per heavy atom. The molecule has 0 unspecified atom stereocenters. The van der Waals surface area contributed by atoms with Gasteiger partial charge in [0.15, 0.2) is 23.1 Å². The molecule has 3 aliphatic rings. The number of anilines is 1. The van der Waals surface area contributed by atoms with Crippen LogP contribution in [0.1, 0.15) is 33.2 Å². The van der Waals surface area contributed by atoms with E-state index in [1.165, 1.54) is 27.4 Å². The van der Waals surface area contributed by atoms with E-state index >= 15 is 4.39 Å². The highest BCUT2D eigenvalue weighted by molar-refractivity contribution is 7.98. The van der Waals surface area contributed by atoms with Crippen molar-refractivity contribution in [1.29, 1.82) is 0 Å². The first-order chi connectivity index (χ1) is 19.2. The highest BCUT2D eigenvalue weighted by atomic mass is 32.2. The molecule has 3 amide bonds. The molecule has 0 saturated carbocycles. The van der Waals surface area contributed by atoms with Gasteiger partial charge in [-0.1, -0.05) is 24.3 Å². The summed E-state index contributed by atoms with van der Waals surface area (Å²) in [5.74, 6) is -6.23. The number of hydrogen-bond donors (Lipinski definition) is 3. The number of amides is 3. The van der Waals surface area contributed by atoms with Crippen molar-refractivity contribution >= 4 is 35.2 Å². The highest BCUT2D eigenvalue weighted by Crippen LogP contribution is 2.45. The summed E-state index contributed by atoms with van der Waals surface area (Å²) in [5, 5.41) is 14.7. The van der Waals surface area contributed by atoms with E-state index in [1.54, 1.807) is 17.1 Å². The molecule has 0 radical (unpaired) electrons. The molecule has 1 saturated heterocycles. The first-order valence-corrected chi connectivity index (χ1v) is 13.1. The van der Waals surface area contributed by atoms with Gasteiger partial charge in [-0.3, -0.25) is 28.9 Å². The fourth-order valence-electron chi connectivity index (χ4n) is 5.32. The summed E-state index contributed by atoms with van der Waals surface area (Å²) in [6.45, 7) is 0.328. The van der Waals surface area contributed by atoms with E-state index in [0.717, 1.165) is 17.2 Å². The number of pyridine rings is 1. The summed E-state index contributed by atoms with van der Waals surface area (Å²) >= 11 is 1.31. The Hall–Kier alpha value is -4.43. The highest BCUT2D eigenvalue weighted by Gasteiger charge is 2.46. The molecule has 2 atom stereocenters. The van der Waals surface area contributed by atoms with Crippen molar-refractivity contribution in [2.24, 2.45) is 5.73 Å². The van der Waals surface area contributed by atoms with Crippen LogP contribution in [-0.2, 0) is 20.1 Å². The summed E-state index contributed by atoms with van der Waals surface area (Å²) in [6.07, 6.45) is 0.278. The van der Waals surface area contributed by atoms with Gasteiger partial charge < -0.3 is 25.8 Å². The lowest BCUT2D eigenvalue weighted by Gasteiger charge is -2.51. The number of nitrogens with two attached hydrogens (primary N) is 1. The molecule has 1 fully saturated rings. The summed E-state index contributed by atoms with van der Waals surface area (Å²) in [5.41, 5.74) is 4.19. The van der Waals surface area contributed by atoms with E-state index in [0.29, 0.717) is 11.1 Å². The van der Waals surface area contributed by atoms with Crippen LogP contribution in [0.15, 0.2) is 52.3 Å². The molecule has 4 heterocycles. The topological polar surface area (TPSA) is 147 Å². The van der Waals surface area contributed by atoms with Crippen LogP contribution in [0.5, 0.6) is 5.75 Å². The van der Waals surface area contributed by atoms with Crippen LogP contribution in [0, 0.1) is 11.6 Å². The van der Waals surface area contributed by atoms with Crippen LogP contribution in [0.4, 0.5) is 14.5 Å². The number of thioether (sulfide) groups is 1. The van der Waals surface area contributed by atoms with Gasteiger partial charge in [0.2, 0.25) is 5.43 Å². The van der Waals surface area contributed by atoms with Crippen LogP contribution >= 0.6 is 11.8 Å². The predicted octanol–water partition coefficient (Wildman–Crippen LogP) is 1.40. The first-order valence-electron chi connectivity index (χ1n) is 12.1. The number of fused-ring (bicyclic) bond motifs is 4. The Bertz CT molecular complexity index is 1660. The molecule has 4 N–H and O–H groups in total. The van der Waals surface area contributed by atoms with Crippen LogP contribution in [0.3, 0.4) is 0 Å². The Morgan fingerprint density at radius 3 is 2.67 bits per heavy atom. The Kier molecular flexibility index (Phi) is 6.22. The van der Waals surface area contributed by atoms with Crippen LogP contribution in [0.2, 0.25) is 0 Å². The minimum atomic E-state index is -1.37. The summed E-state index contributed by atoms with van der Waals surface area (Å²) in [4.78, 5) is 52.2. The fraction of sp³-hybridized carbons (Fsp3) is 0.231. The van der Waals surface area contributed by atoms with Gasteiger partial charge in [-0.25, -0.2) is 8.78 Å². The number of aromatic nitrogens is 1. The lowest BCUT2D eigenvalue weighted by atomic mass is 9.93. The zero-order valence-corrected chi connectivity index (χ0v) is 21.4.